The fourth-order valence-electron chi connectivity index (χ4n) is 3.81. The van der Waals surface area contributed by atoms with Gasteiger partial charge in [0.2, 0.25) is 5.91 Å². The number of likely N-dealkylation sites (tertiary alicyclic amines) is 1. The molecular formula is C20H31N3O2. The van der Waals surface area contributed by atoms with E-state index in [1.54, 1.807) is 0 Å². The van der Waals surface area contributed by atoms with Crippen LogP contribution in [0.5, 0.6) is 0 Å². The van der Waals surface area contributed by atoms with Gasteiger partial charge in [-0.2, -0.15) is 0 Å². The van der Waals surface area contributed by atoms with E-state index in [1.807, 2.05) is 6.07 Å². The number of nitrogens with zero attached hydrogens (tertiary/aromatic N) is 1. The molecule has 1 aromatic carbocycles. The quantitative estimate of drug-likeness (QED) is 0.858. The predicted octanol–water partition coefficient (Wildman–Crippen LogP) is 2.19. The van der Waals surface area contributed by atoms with Crippen LogP contribution in [-0.2, 0) is 22.6 Å². The Kier molecular flexibility index (Phi) is 6.10. The molecular weight excluding hydrogens is 314 g/mol. The molecule has 0 radical (unpaired) electrons. The third-order valence-corrected chi connectivity index (χ3v) is 5.71. The van der Waals surface area contributed by atoms with E-state index in [-0.39, 0.29) is 5.91 Å². The van der Waals surface area contributed by atoms with Crippen LogP contribution in [-0.4, -0.2) is 42.1 Å². The van der Waals surface area contributed by atoms with Crippen molar-refractivity contribution in [3.05, 3.63) is 35.4 Å². The summed E-state index contributed by atoms with van der Waals surface area (Å²) >= 11 is 0. The maximum absolute atomic E-state index is 12.5. The van der Waals surface area contributed by atoms with Crippen molar-refractivity contribution in [2.45, 2.75) is 63.7 Å². The molecule has 1 unspecified atom stereocenters. The summed E-state index contributed by atoms with van der Waals surface area (Å²) in [4.78, 5) is 15.1. The first-order valence-corrected chi connectivity index (χ1v) is 9.54. The first-order chi connectivity index (χ1) is 12.1. The highest BCUT2D eigenvalue weighted by Gasteiger charge is 2.35. The lowest BCUT2D eigenvalue weighted by Crippen LogP contribution is -2.56. The number of rotatable bonds is 5. The molecule has 5 nitrogen and oxygen atoms in total. The molecule has 2 aliphatic rings. The minimum Gasteiger partial charge on any atom is -0.381 e. The third kappa shape index (κ3) is 4.60. The summed E-state index contributed by atoms with van der Waals surface area (Å²) in [7, 11) is 0. The second-order valence-corrected chi connectivity index (χ2v) is 7.54. The molecule has 0 saturated carbocycles. The van der Waals surface area contributed by atoms with Crippen LogP contribution in [0.1, 0.15) is 50.2 Å². The number of hydrogen-bond donors (Lipinski definition) is 2. The number of ether oxygens (including phenoxy) is 1. The van der Waals surface area contributed by atoms with Gasteiger partial charge in [0, 0.05) is 32.3 Å². The average molecular weight is 345 g/mol. The highest BCUT2D eigenvalue weighted by molar-refractivity contribution is 5.86. The van der Waals surface area contributed by atoms with Crippen LogP contribution in [0.4, 0.5) is 0 Å². The minimum atomic E-state index is -0.783. The molecule has 3 N–H and O–H groups in total. The molecule has 0 aromatic heterocycles. The molecule has 0 bridgehead atoms. The monoisotopic (exact) mass is 345 g/mol. The van der Waals surface area contributed by atoms with Gasteiger partial charge in [0.1, 0.15) is 0 Å². The number of nitrogens with one attached hydrogen (secondary N) is 1. The van der Waals surface area contributed by atoms with Crippen molar-refractivity contribution in [2.75, 3.05) is 19.8 Å². The number of benzene rings is 1. The normalized spacial score (nSPS) is 24.0. The molecule has 0 spiro atoms. The van der Waals surface area contributed by atoms with Crippen LogP contribution < -0.4 is 11.1 Å². The Morgan fingerprint density at radius 2 is 2.00 bits per heavy atom. The van der Waals surface area contributed by atoms with Crippen molar-refractivity contribution in [3.8, 4) is 0 Å². The van der Waals surface area contributed by atoms with Crippen molar-refractivity contribution < 1.29 is 9.53 Å². The number of piperidine rings is 1. The molecule has 1 aromatic rings. The second-order valence-electron chi connectivity index (χ2n) is 7.54. The summed E-state index contributed by atoms with van der Waals surface area (Å²) in [5.41, 5.74) is 7.97. The van der Waals surface area contributed by atoms with Crippen LogP contribution in [0, 0.1) is 0 Å². The summed E-state index contributed by atoms with van der Waals surface area (Å²) in [6.07, 6.45) is 5.06. The van der Waals surface area contributed by atoms with Crippen molar-refractivity contribution in [1.82, 2.24) is 10.2 Å². The van der Waals surface area contributed by atoms with E-state index < -0.39 is 5.54 Å². The molecule has 0 aliphatic carbocycles. The zero-order valence-electron chi connectivity index (χ0n) is 15.3. The Hall–Kier alpha value is -1.43. The van der Waals surface area contributed by atoms with E-state index in [9.17, 15) is 4.79 Å². The lowest BCUT2D eigenvalue weighted by molar-refractivity contribution is -0.129. The fraction of sp³-hybridized carbons (Fsp3) is 0.650. The number of carbonyl (C=O) groups excluding carboxylic acids is 1. The Labute approximate surface area is 150 Å². The van der Waals surface area contributed by atoms with Crippen LogP contribution in [0.3, 0.4) is 0 Å². The van der Waals surface area contributed by atoms with Gasteiger partial charge in [-0.15, -0.1) is 0 Å². The highest BCUT2D eigenvalue weighted by Crippen LogP contribution is 2.21. The Bertz CT molecular complexity index is 584. The molecule has 5 heteroatoms. The second kappa shape index (κ2) is 8.30. The van der Waals surface area contributed by atoms with Crippen LogP contribution in [0.25, 0.3) is 0 Å². The van der Waals surface area contributed by atoms with Crippen molar-refractivity contribution in [3.63, 3.8) is 0 Å². The number of amides is 1. The van der Waals surface area contributed by atoms with E-state index >= 15 is 0 Å². The highest BCUT2D eigenvalue weighted by atomic mass is 16.5. The van der Waals surface area contributed by atoms with Gasteiger partial charge in [0.05, 0.1) is 5.54 Å². The van der Waals surface area contributed by atoms with Gasteiger partial charge in [-0.05, 0) is 50.3 Å². The zero-order chi connectivity index (χ0) is 17.7. The smallest absolute Gasteiger partial charge is 0.240 e. The first kappa shape index (κ1) is 18.4. The van der Waals surface area contributed by atoms with Crippen molar-refractivity contribution in [1.29, 1.82) is 0 Å². The number of hydrogen-bond acceptors (Lipinski definition) is 4. The van der Waals surface area contributed by atoms with Gasteiger partial charge < -0.3 is 15.8 Å². The van der Waals surface area contributed by atoms with E-state index in [0.29, 0.717) is 38.6 Å². The molecule has 138 valence electrons. The molecule has 25 heavy (non-hydrogen) atoms. The SMILES string of the molecule is CC1CCCCN1Cc1ccccc1CNC(=O)C1(N)CCOCC1. The summed E-state index contributed by atoms with van der Waals surface area (Å²) in [6.45, 7) is 6.09. The van der Waals surface area contributed by atoms with Crippen LogP contribution in [0.2, 0.25) is 0 Å². The molecule has 2 aliphatic heterocycles. The Balaban J connectivity index is 1.61. The third-order valence-electron chi connectivity index (χ3n) is 5.71. The standard InChI is InChI=1S/C20H31N3O2/c1-16-6-4-5-11-23(16)15-18-8-3-2-7-17(18)14-22-19(24)20(21)9-12-25-13-10-20/h2-3,7-8,16H,4-6,9-15,21H2,1H3,(H,22,24). The summed E-state index contributed by atoms with van der Waals surface area (Å²) in [5.74, 6) is -0.0584. The van der Waals surface area contributed by atoms with Gasteiger partial charge in [-0.3, -0.25) is 9.69 Å². The largest absolute Gasteiger partial charge is 0.381 e. The summed E-state index contributed by atoms with van der Waals surface area (Å²) < 4.78 is 5.33. The maximum atomic E-state index is 12.5. The van der Waals surface area contributed by atoms with Crippen molar-refractivity contribution in [2.24, 2.45) is 5.73 Å². The molecule has 2 saturated heterocycles. The molecule has 1 atom stereocenters. The van der Waals surface area contributed by atoms with Gasteiger partial charge in [0.25, 0.3) is 0 Å². The summed E-state index contributed by atoms with van der Waals surface area (Å²) in [5, 5.41) is 3.06. The van der Waals surface area contributed by atoms with E-state index in [4.69, 9.17) is 10.5 Å². The van der Waals surface area contributed by atoms with E-state index in [1.165, 1.54) is 30.4 Å². The minimum absolute atomic E-state index is 0.0584. The van der Waals surface area contributed by atoms with Crippen LogP contribution in [0.15, 0.2) is 24.3 Å². The summed E-state index contributed by atoms with van der Waals surface area (Å²) in [6, 6.07) is 9.04. The molecule has 2 heterocycles. The first-order valence-electron chi connectivity index (χ1n) is 9.54. The van der Waals surface area contributed by atoms with Gasteiger partial charge in [-0.25, -0.2) is 0 Å². The Morgan fingerprint density at radius 1 is 1.28 bits per heavy atom. The fourth-order valence-corrected chi connectivity index (χ4v) is 3.81. The topological polar surface area (TPSA) is 67.6 Å². The molecule has 1 amide bonds. The van der Waals surface area contributed by atoms with E-state index in [0.717, 1.165) is 13.1 Å². The number of nitrogens with two attached hydrogens (primary N) is 1. The lowest BCUT2D eigenvalue weighted by atomic mass is 9.90. The van der Waals surface area contributed by atoms with Crippen LogP contribution >= 0.6 is 0 Å². The Morgan fingerprint density at radius 3 is 2.72 bits per heavy atom. The molecule has 2 fully saturated rings. The zero-order valence-corrected chi connectivity index (χ0v) is 15.3. The molecule has 3 rings (SSSR count). The van der Waals surface area contributed by atoms with Gasteiger partial charge in [0.15, 0.2) is 0 Å². The van der Waals surface area contributed by atoms with Gasteiger partial charge in [-0.1, -0.05) is 30.7 Å². The predicted molar refractivity (Wildman–Crippen MR) is 99.0 cm³/mol. The van der Waals surface area contributed by atoms with E-state index in [2.05, 4.69) is 35.3 Å². The van der Waals surface area contributed by atoms with Crippen molar-refractivity contribution >= 4 is 5.91 Å². The average Bonchev–Trinajstić information content (AvgIpc) is 2.63. The maximum Gasteiger partial charge on any atom is 0.240 e. The lowest BCUT2D eigenvalue weighted by Gasteiger charge is -2.34. The number of carbonyl (C=O) groups is 1. The van der Waals surface area contributed by atoms with Gasteiger partial charge >= 0.3 is 0 Å².